The van der Waals surface area contributed by atoms with Crippen molar-refractivity contribution in [1.29, 1.82) is 5.26 Å². The molecule has 2 unspecified atom stereocenters. The zero-order valence-corrected chi connectivity index (χ0v) is 9.13. The number of amides is 1. The highest BCUT2D eigenvalue weighted by molar-refractivity contribution is 5.81. The summed E-state index contributed by atoms with van der Waals surface area (Å²) in [6.45, 7) is 5.66. The summed E-state index contributed by atoms with van der Waals surface area (Å²) in [4.78, 5) is 11.7. The Kier molecular flexibility index (Phi) is 3.15. The van der Waals surface area contributed by atoms with Gasteiger partial charge in [0.05, 0.1) is 12.0 Å². The summed E-state index contributed by atoms with van der Waals surface area (Å²) in [6.07, 6.45) is 2.92. The normalized spacial score (nSPS) is 27.0. The summed E-state index contributed by atoms with van der Waals surface area (Å²) >= 11 is 0. The molecule has 1 saturated carbocycles. The van der Waals surface area contributed by atoms with E-state index in [1.165, 1.54) is 0 Å². The second kappa shape index (κ2) is 4.00. The van der Waals surface area contributed by atoms with E-state index < -0.39 is 0 Å². The molecule has 3 heteroatoms. The first-order valence-corrected chi connectivity index (χ1v) is 5.15. The van der Waals surface area contributed by atoms with E-state index in [-0.39, 0.29) is 23.3 Å². The third-order valence-electron chi connectivity index (χ3n) is 2.68. The number of carbonyl (C=O) groups is 1. The van der Waals surface area contributed by atoms with E-state index in [0.717, 1.165) is 19.3 Å². The van der Waals surface area contributed by atoms with Crippen molar-refractivity contribution in [2.45, 2.75) is 46.1 Å². The van der Waals surface area contributed by atoms with Crippen molar-refractivity contribution in [3.63, 3.8) is 0 Å². The van der Waals surface area contributed by atoms with Gasteiger partial charge in [-0.1, -0.05) is 20.8 Å². The molecule has 0 aliphatic heterocycles. The first kappa shape index (κ1) is 11.0. The topological polar surface area (TPSA) is 52.9 Å². The van der Waals surface area contributed by atoms with Crippen LogP contribution in [0.3, 0.4) is 0 Å². The Bertz CT molecular complexity index is 259. The molecule has 2 atom stereocenters. The van der Waals surface area contributed by atoms with Crippen LogP contribution in [0.15, 0.2) is 0 Å². The molecule has 0 spiro atoms. The smallest absolute Gasteiger partial charge is 0.225 e. The molecule has 1 fully saturated rings. The second-order valence-corrected chi connectivity index (χ2v) is 5.00. The Morgan fingerprint density at radius 1 is 1.43 bits per heavy atom. The molecule has 78 valence electrons. The van der Waals surface area contributed by atoms with Crippen molar-refractivity contribution >= 4 is 5.91 Å². The Balaban J connectivity index is 2.53. The zero-order chi connectivity index (χ0) is 10.8. The Morgan fingerprint density at radius 2 is 2.07 bits per heavy atom. The molecule has 1 aliphatic carbocycles. The van der Waals surface area contributed by atoms with Gasteiger partial charge in [-0.2, -0.15) is 5.26 Å². The fourth-order valence-corrected chi connectivity index (χ4v) is 1.67. The zero-order valence-electron chi connectivity index (χ0n) is 9.13. The van der Waals surface area contributed by atoms with Crippen molar-refractivity contribution in [2.75, 3.05) is 0 Å². The van der Waals surface area contributed by atoms with E-state index >= 15 is 0 Å². The van der Waals surface area contributed by atoms with E-state index in [1.54, 1.807) is 0 Å². The fraction of sp³-hybridized carbons (Fsp3) is 0.818. The summed E-state index contributed by atoms with van der Waals surface area (Å²) < 4.78 is 0. The van der Waals surface area contributed by atoms with E-state index in [1.807, 2.05) is 20.8 Å². The maximum Gasteiger partial charge on any atom is 0.225 e. The van der Waals surface area contributed by atoms with Crippen LogP contribution < -0.4 is 5.32 Å². The van der Waals surface area contributed by atoms with E-state index in [0.29, 0.717) is 0 Å². The Morgan fingerprint density at radius 3 is 2.57 bits per heavy atom. The molecule has 0 radical (unpaired) electrons. The maximum absolute atomic E-state index is 11.7. The van der Waals surface area contributed by atoms with Gasteiger partial charge in [-0.3, -0.25) is 4.79 Å². The largest absolute Gasteiger partial charge is 0.352 e. The fourth-order valence-electron chi connectivity index (χ4n) is 1.67. The lowest BCUT2D eigenvalue weighted by Gasteiger charge is -2.22. The third-order valence-corrected chi connectivity index (χ3v) is 2.68. The summed E-state index contributed by atoms with van der Waals surface area (Å²) in [5.74, 6) is 0.0611. The van der Waals surface area contributed by atoms with Crippen LogP contribution in [0.5, 0.6) is 0 Å². The van der Waals surface area contributed by atoms with Crippen LogP contribution in [0.25, 0.3) is 0 Å². The highest BCUT2D eigenvalue weighted by atomic mass is 16.2. The molecule has 0 saturated heterocycles. The molecule has 14 heavy (non-hydrogen) atoms. The first-order valence-electron chi connectivity index (χ1n) is 5.15. The minimum Gasteiger partial charge on any atom is -0.352 e. The van der Waals surface area contributed by atoms with Crippen molar-refractivity contribution in [3.8, 4) is 6.07 Å². The predicted octanol–water partition coefficient (Wildman–Crippen LogP) is 1.84. The highest BCUT2D eigenvalue weighted by Gasteiger charge is 2.31. The van der Waals surface area contributed by atoms with Gasteiger partial charge in [-0.15, -0.1) is 0 Å². The van der Waals surface area contributed by atoms with Gasteiger partial charge in [-0.05, 0) is 19.3 Å². The molecule has 0 aromatic carbocycles. The molecule has 3 nitrogen and oxygen atoms in total. The number of carbonyl (C=O) groups excluding carboxylic acids is 1. The second-order valence-electron chi connectivity index (χ2n) is 5.00. The number of hydrogen-bond donors (Lipinski definition) is 1. The highest BCUT2D eigenvalue weighted by Crippen LogP contribution is 2.26. The van der Waals surface area contributed by atoms with E-state index in [9.17, 15) is 4.79 Å². The van der Waals surface area contributed by atoms with Crippen LogP contribution in [0.1, 0.15) is 40.0 Å². The molecule has 0 bridgehead atoms. The number of nitriles is 1. The summed E-state index contributed by atoms with van der Waals surface area (Å²) in [5.41, 5.74) is -0.359. The average Bonchev–Trinajstić information content (AvgIpc) is 2.50. The van der Waals surface area contributed by atoms with Crippen LogP contribution in [0.2, 0.25) is 0 Å². The van der Waals surface area contributed by atoms with Gasteiger partial charge in [0.1, 0.15) is 0 Å². The van der Waals surface area contributed by atoms with Gasteiger partial charge in [-0.25, -0.2) is 0 Å². The molecule has 1 rings (SSSR count). The average molecular weight is 194 g/mol. The molecule has 1 amide bonds. The molecule has 0 heterocycles. The predicted molar refractivity (Wildman–Crippen MR) is 54.3 cm³/mol. The van der Waals surface area contributed by atoms with Gasteiger partial charge < -0.3 is 5.32 Å². The summed E-state index contributed by atoms with van der Waals surface area (Å²) in [6, 6.07) is 2.33. The van der Waals surface area contributed by atoms with Crippen molar-refractivity contribution in [3.05, 3.63) is 0 Å². The lowest BCUT2D eigenvalue weighted by molar-refractivity contribution is -0.129. The standard InChI is InChI=1S/C11H18N2O/c1-11(2,3)10(14)13-9-6-4-5-8(9)7-12/h8-9H,4-6H2,1-3H3,(H,13,14). The van der Waals surface area contributed by atoms with Crippen LogP contribution in [-0.2, 0) is 4.79 Å². The van der Waals surface area contributed by atoms with Crippen LogP contribution in [0, 0.1) is 22.7 Å². The van der Waals surface area contributed by atoms with E-state index in [2.05, 4.69) is 11.4 Å². The van der Waals surface area contributed by atoms with Crippen LogP contribution in [0.4, 0.5) is 0 Å². The quantitative estimate of drug-likeness (QED) is 0.692. The van der Waals surface area contributed by atoms with Crippen LogP contribution >= 0.6 is 0 Å². The van der Waals surface area contributed by atoms with Gasteiger partial charge >= 0.3 is 0 Å². The lowest BCUT2D eigenvalue weighted by Crippen LogP contribution is -2.43. The lowest BCUT2D eigenvalue weighted by atomic mass is 9.94. The van der Waals surface area contributed by atoms with Crippen LogP contribution in [-0.4, -0.2) is 11.9 Å². The molecule has 0 aromatic heterocycles. The maximum atomic E-state index is 11.7. The summed E-state index contributed by atoms with van der Waals surface area (Å²) in [7, 11) is 0. The number of nitrogens with zero attached hydrogens (tertiary/aromatic N) is 1. The van der Waals surface area contributed by atoms with Crippen molar-refractivity contribution < 1.29 is 4.79 Å². The Labute approximate surface area is 85.5 Å². The Hall–Kier alpha value is -1.04. The first-order chi connectivity index (χ1) is 6.45. The molecule has 1 aliphatic rings. The van der Waals surface area contributed by atoms with Gasteiger partial charge in [0.2, 0.25) is 5.91 Å². The minimum atomic E-state index is -0.359. The van der Waals surface area contributed by atoms with E-state index in [4.69, 9.17) is 5.26 Å². The number of rotatable bonds is 1. The van der Waals surface area contributed by atoms with Gasteiger partial charge in [0.15, 0.2) is 0 Å². The molecular formula is C11H18N2O. The van der Waals surface area contributed by atoms with Crippen molar-refractivity contribution in [1.82, 2.24) is 5.32 Å². The minimum absolute atomic E-state index is 0.0151. The number of hydrogen-bond acceptors (Lipinski definition) is 2. The molecular weight excluding hydrogens is 176 g/mol. The molecule has 0 aromatic rings. The SMILES string of the molecule is CC(C)(C)C(=O)NC1CCCC1C#N. The van der Waals surface area contributed by atoms with Gasteiger partial charge in [0.25, 0.3) is 0 Å². The third kappa shape index (κ3) is 2.47. The monoisotopic (exact) mass is 194 g/mol. The summed E-state index contributed by atoms with van der Waals surface area (Å²) in [5, 5.41) is 11.8. The number of nitrogens with one attached hydrogen (secondary N) is 1. The van der Waals surface area contributed by atoms with Crippen molar-refractivity contribution in [2.24, 2.45) is 11.3 Å². The van der Waals surface area contributed by atoms with Gasteiger partial charge in [0, 0.05) is 11.5 Å². The molecule has 1 N–H and O–H groups in total.